The molecule has 2 bridgehead atoms. The summed E-state index contributed by atoms with van der Waals surface area (Å²) in [6, 6.07) is 3.87. The van der Waals surface area contributed by atoms with E-state index < -0.39 is 0 Å². The maximum absolute atomic E-state index is 9.87. The van der Waals surface area contributed by atoms with E-state index in [4.69, 9.17) is 0 Å². The number of benzene rings is 1. The minimum Gasteiger partial charge on any atom is -0.508 e. The Balaban J connectivity index is 2.31. The molecule has 14 heavy (non-hydrogen) atoms. The molecule has 1 aromatic rings. The lowest BCUT2D eigenvalue weighted by atomic mass is 9.70. The summed E-state index contributed by atoms with van der Waals surface area (Å²) in [4.78, 5) is 0. The van der Waals surface area contributed by atoms with Crippen LogP contribution in [-0.2, 0) is 0 Å². The highest BCUT2D eigenvalue weighted by atomic mass is 16.3. The van der Waals surface area contributed by atoms with Gasteiger partial charge in [-0.25, -0.2) is 0 Å². The second-order valence-corrected chi connectivity index (χ2v) is 4.40. The summed E-state index contributed by atoms with van der Waals surface area (Å²) in [6.07, 6.45) is 7.02. The lowest BCUT2D eigenvalue weighted by Crippen LogP contribution is -2.18. The molecule has 2 atom stereocenters. The Morgan fingerprint density at radius 1 is 1.07 bits per heavy atom. The molecule has 1 aromatic carbocycles. The van der Waals surface area contributed by atoms with Crippen LogP contribution in [0.3, 0.4) is 0 Å². The first-order chi connectivity index (χ1) is 6.77. The lowest BCUT2D eigenvalue weighted by molar-refractivity contribution is 0.446. The summed E-state index contributed by atoms with van der Waals surface area (Å²) in [5.41, 5.74) is 3.92. The minimum absolute atomic E-state index is 0.467. The topological polar surface area (TPSA) is 20.2 Å². The maximum Gasteiger partial charge on any atom is 0.119 e. The van der Waals surface area contributed by atoms with Crippen molar-refractivity contribution in [3.8, 4) is 5.75 Å². The zero-order chi connectivity index (χ0) is 9.71. The van der Waals surface area contributed by atoms with Gasteiger partial charge in [-0.3, -0.25) is 0 Å². The summed E-state index contributed by atoms with van der Waals surface area (Å²) < 4.78 is 0. The zero-order valence-corrected chi connectivity index (χ0v) is 8.33. The second kappa shape index (κ2) is 2.63. The van der Waals surface area contributed by atoms with Crippen molar-refractivity contribution in [2.45, 2.75) is 31.6 Å². The van der Waals surface area contributed by atoms with Gasteiger partial charge in [0.15, 0.2) is 0 Å². The van der Waals surface area contributed by atoms with E-state index in [2.05, 4.69) is 19.1 Å². The zero-order valence-electron chi connectivity index (χ0n) is 8.33. The fraction of sp³-hybridized carbons (Fsp3) is 0.385. The number of hydrogen-bond acceptors (Lipinski definition) is 1. The van der Waals surface area contributed by atoms with E-state index in [1.165, 1.54) is 29.5 Å². The van der Waals surface area contributed by atoms with E-state index in [0.717, 1.165) is 0 Å². The van der Waals surface area contributed by atoms with E-state index in [0.29, 0.717) is 17.6 Å². The molecule has 0 radical (unpaired) electrons. The Morgan fingerprint density at radius 2 is 1.71 bits per heavy atom. The Kier molecular flexibility index (Phi) is 1.52. The normalized spacial score (nSPS) is 27.8. The third kappa shape index (κ3) is 0.899. The molecule has 3 aliphatic rings. The first kappa shape index (κ1) is 8.10. The van der Waals surface area contributed by atoms with Crippen molar-refractivity contribution in [3.05, 3.63) is 41.0 Å². The van der Waals surface area contributed by atoms with Gasteiger partial charge in [0, 0.05) is 17.4 Å². The van der Waals surface area contributed by atoms with Crippen LogP contribution >= 0.6 is 0 Å². The summed E-state index contributed by atoms with van der Waals surface area (Å²) >= 11 is 0. The Bertz CT molecular complexity index is 378. The number of rotatable bonds is 0. The number of phenolic OH excluding ortho intramolecular Hbond substituents is 1. The minimum atomic E-state index is 0.467. The highest BCUT2D eigenvalue weighted by Crippen LogP contribution is 2.49. The van der Waals surface area contributed by atoms with Crippen LogP contribution < -0.4 is 0 Å². The molecule has 1 N–H and O–H groups in total. The van der Waals surface area contributed by atoms with Gasteiger partial charge in [0.1, 0.15) is 5.75 Å². The van der Waals surface area contributed by atoms with E-state index in [1.54, 1.807) is 0 Å². The first-order valence-electron chi connectivity index (χ1n) is 5.28. The first-order valence-corrected chi connectivity index (χ1v) is 5.28. The van der Waals surface area contributed by atoms with Gasteiger partial charge in [0.05, 0.1) is 0 Å². The second-order valence-electron chi connectivity index (χ2n) is 4.40. The van der Waals surface area contributed by atoms with Crippen molar-refractivity contribution >= 4 is 0 Å². The SMILES string of the molecule is Cc1ccc(O)c2c1C1C=CC2CC1. The number of aromatic hydroxyl groups is 1. The molecule has 0 saturated carbocycles. The highest BCUT2D eigenvalue weighted by Gasteiger charge is 2.31. The number of phenols is 1. The molecule has 0 aromatic heterocycles. The molecule has 1 nitrogen and oxygen atoms in total. The molecule has 2 unspecified atom stereocenters. The van der Waals surface area contributed by atoms with Crippen LogP contribution in [0.2, 0.25) is 0 Å². The quantitative estimate of drug-likeness (QED) is 0.617. The third-order valence-electron chi connectivity index (χ3n) is 3.59. The van der Waals surface area contributed by atoms with Crippen molar-refractivity contribution in [2.75, 3.05) is 0 Å². The van der Waals surface area contributed by atoms with Crippen LogP contribution in [0.5, 0.6) is 5.75 Å². The van der Waals surface area contributed by atoms with Gasteiger partial charge >= 0.3 is 0 Å². The predicted octanol–water partition coefficient (Wildman–Crippen LogP) is 3.23. The van der Waals surface area contributed by atoms with E-state index in [-0.39, 0.29) is 0 Å². The summed E-state index contributed by atoms with van der Waals surface area (Å²) in [5, 5.41) is 9.87. The average Bonchev–Trinajstić information content (AvgIpc) is 2.25. The van der Waals surface area contributed by atoms with Gasteiger partial charge < -0.3 is 5.11 Å². The van der Waals surface area contributed by atoms with Crippen LogP contribution in [0.1, 0.15) is 41.4 Å². The molecule has 0 heterocycles. The van der Waals surface area contributed by atoms with E-state index in [9.17, 15) is 5.11 Å². The van der Waals surface area contributed by atoms with Crippen LogP contribution in [-0.4, -0.2) is 5.11 Å². The molecule has 3 aliphatic carbocycles. The van der Waals surface area contributed by atoms with Crippen molar-refractivity contribution in [1.29, 1.82) is 0 Å². The number of allylic oxidation sites excluding steroid dienone is 2. The third-order valence-corrected chi connectivity index (χ3v) is 3.59. The molecule has 72 valence electrons. The molecule has 0 saturated heterocycles. The molecule has 0 amide bonds. The highest BCUT2D eigenvalue weighted by molar-refractivity contribution is 5.54. The summed E-state index contributed by atoms with van der Waals surface area (Å²) in [5.74, 6) is 1.52. The van der Waals surface area contributed by atoms with Crippen LogP contribution in [0.15, 0.2) is 24.3 Å². The van der Waals surface area contributed by atoms with E-state index in [1.807, 2.05) is 12.1 Å². The van der Waals surface area contributed by atoms with Gasteiger partial charge in [0.25, 0.3) is 0 Å². The molecule has 0 fully saturated rings. The Morgan fingerprint density at radius 3 is 2.29 bits per heavy atom. The van der Waals surface area contributed by atoms with Crippen LogP contribution in [0.25, 0.3) is 0 Å². The number of fused-ring (bicyclic) bond motifs is 1. The van der Waals surface area contributed by atoms with Gasteiger partial charge in [-0.1, -0.05) is 18.2 Å². The van der Waals surface area contributed by atoms with Crippen molar-refractivity contribution < 1.29 is 5.11 Å². The molecule has 0 aliphatic heterocycles. The Labute approximate surface area is 84.1 Å². The largest absolute Gasteiger partial charge is 0.508 e. The predicted molar refractivity (Wildman–Crippen MR) is 56.7 cm³/mol. The van der Waals surface area contributed by atoms with Crippen LogP contribution in [0.4, 0.5) is 0 Å². The monoisotopic (exact) mass is 186 g/mol. The van der Waals surface area contributed by atoms with Crippen molar-refractivity contribution in [3.63, 3.8) is 0 Å². The molecular formula is C13H14O. The molecule has 0 spiro atoms. The maximum atomic E-state index is 9.87. The van der Waals surface area contributed by atoms with Crippen molar-refractivity contribution in [2.24, 2.45) is 0 Å². The van der Waals surface area contributed by atoms with Gasteiger partial charge in [0.2, 0.25) is 0 Å². The van der Waals surface area contributed by atoms with E-state index >= 15 is 0 Å². The summed E-state index contributed by atoms with van der Waals surface area (Å²) in [7, 11) is 0. The lowest BCUT2D eigenvalue weighted by Gasteiger charge is -2.35. The molecule has 1 heteroatoms. The number of hydrogen-bond donors (Lipinski definition) is 1. The van der Waals surface area contributed by atoms with Gasteiger partial charge in [-0.05, 0) is 37.0 Å². The fourth-order valence-corrected chi connectivity index (χ4v) is 2.92. The Hall–Kier alpha value is -1.24. The van der Waals surface area contributed by atoms with Crippen molar-refractivity contribution in [1.82, 2.24) is 0 Å². The smallest absolute Gasteiger partial charge is 0.119 e. The molecule has 4 rings (SSSR count). The number of aryl methyl sites for hydroxylation is 1. The average molecular weight is 186 g/mol. The van der Waals surface area contributed by atoms with Gasteiger partial charge in [-0.15, -0.1) is 0 Å². The van der Waals surface area contributed by atoms with Gasteiger partial charge in [-0.2, -0.15) is 0 Å². The standard InChI is InChI=1S/C13H14O/c1-8-2-7-11(14)13-10-5-3-9(4-6-10)12(8)13/h2-3,5,7,9-10,14H,4,6H2,1H3. The summed E-state index contributed by atoms with van der Waals surface area (Å²) in [6.45, 7) is 2.15. The fourth-order valence-electron chi connectivity index (χ4n) is 2.92. The van der Waals surface area contributed by atoms with Crippen LogP contribution in [0, 0.1) is 6.92 Å². The molecular weight excluding hydrogens is 172 g/mol.